The van der Waals surface area contributed by atoms with Crippen molar-refractivity contribution in [2.45, 2.75) is 6.92 Å². The largest absolute Gasteiger partial charge is 0.310 e. The predicted octanol–water partition coefficient (Wildman–Crippen LogP) is 15.9. The van der Waals surface area contributed by atoms with E-state index in [0.717, 1.165) is 22.7 Å². The van der Waals surface area contributed by atoms with Crippen LogP contribution in [0, 0.1) is 6.92 Å². The summed E-state index contributed by atoms with van der Waals surface area (Å²) in [5.74, 6) is 0. The van der Waals surface area contributed by atoms with Gasteiger partial charge in [-0.3, -0.25) is 0 Å². The van der Waals surface area contributed by atoms with Crippen molar-refractivity contribution in [2.75, 3.05) is 4.90 Å². The van der Waals surface area contributed by atoms with E-state index in [2.05, 4.69) is 229 Å². The first-order valence-electron chi connectivity index (χ1n) is 19.9. The molecule has 0 spiro atoms. The van der Waals surface area contributed by atoms with Gasteiger partial charge in [-0.1, -0.05) is 152 Å². The minimum Gasteiger partial charge on any atom is -0.310 e. The zero-order valence-electron chi connectivity index (χ0n) is 32.0. The van der Waals surface area contributed by atoms with Crippen LogP contribution in [0.3, 0.4) is 0 Å². The number of thiophene rings is 1. The van der Waals surface area contributed by atoms with Crippen LogP contribution in [0.5, 0.6) is 0 Å². The van der Waals surface area contributed by atoms with Crippen LogP contribution in [0.4, 0.5) is 17.1 Å². The molecule has 11 aromatic rings. The third kappa shape index (κ3) is 5.62. The molecule has 0 saturated heterocycles. The highest BCUT2D eigenvalue weighted by atomic mass is 32.1. The van der Waals surface area contributed by atoms with Gasteiger partial charge in [-0.2, -0.15) is 0 Å². The molecule has 0 aliphatic rings. The molecule has 2 aromatic heterocycles. The summed E-state index contributed by atoms with van der Waals surface area (Å²) >= 11 is 1.88. The van der Waals surface area contributed by atoms with Crippen LogP contribution in [0.25, 0.3) is 81.0 Å². The fraction of sp³-hybridized carbons (Fsp3) is 0.0182. The Morgan fingerprint density at radius 2 is 0.983 bits per heavy atom. The molecule has 0 fully saturated rings. The van der Waals surface area contributed by atoms with E-state index in [1.165, 1.54) is 80.9 Å². The lowest BCUT2D eigenvalue weighted by Gasteiger charge is -2.29. The number of aryl methyl sites for hydroxylation is 1. The van der Waals surface area contributed by atoms with E-state index in [0.29, 0.717) is 0 Å². The molecule has 0 radical (unpaired) electrons. The van der Waals surface area contributed by atoms with Crippen molar-refractivity contribution in [3.05, 3.63) is 218 Å². The number of anilines is 3. The lowest BCUT2D eigenvalue weighted by Crippen LogP contribution is -2.11. The first-order chi connectivity index (χ1) is 28.7. The first kappa shape index (κ1) is 34.1. The molecule has 0 N–H and O–H groups in total. The minimum absolute atomic E-state index is 1.12. The normalized spacial score (nSPS) is 11.5. The summed E-state index contributed by atoms with van der Waals surface area (Å²) in [5.41, 5.74) is 15.6. The number of aromatic nitrogens is 1. The van der Waals surface area contributed by atoms with Gasteiger partial charge < -0.3 is 9.47 Å². The second-order valence-corrected chi connectivity index (χ2v) is 16.0. The van der Waals surface area contributed by atoms with E-state index >= 15 is 0 Å². The second-order valence-electron chi connectivity index (χ2n) is 14.9. The summed E-state index contributed by atoms with van der Waals surface area (Å²) < 4.78 is 4.95. The van der Waals surface area contributed by atoms with Gasteiger partial charge in [0.05, 0.1) is 16.7 Å². The molecule has 0 amide bonds. The van der Waals surface area contributed by atoms with Crippen molar-refractivity contribution in [2.24, 2.45) is 0 Å². The lowest BCUT2D eigenvalue weighted by molar-refractivity contribution is 1.18. The number of nitrogens with zero attached hydrogens (tertiary/aromatic N) is 2. The van der Waals surface area contributed by atoms with Gasteiger partial charge in [0.1, 0.15) is 0 Å². The van der Waals surface area contributed by atoms with Gasteiger partial charge in [-0.25, -0.2) is 0 Å². The van der Waals surface area contributed by atoms with E-state index < -0.39 is 0 Å². The Hall–Kier alpha value is -7.20. The average Bonchev–Trinajstić information content (AvgIpc) is 3.84. The molecule has 2 nitrogen and oxygen atoms in total. The molecule has 2 heterocycles. The van der Waals surface area contributed by atoms with Crippen LogP contribution in [-0.2, 0) is 0 Å². The van der Waals surface area contributed by atoms with Crippen LogP contribution in [-0.4, -0.2) is 4.57 Å². The molecule has 0 aliphatic carbocycles. The standard InChI is InChI=1S/C55H38N2S/c1-37-35-43(36-48(38-17-5-2-6-18-38)53(37)40-19-7-3-8-20-40)56(41-21-9-4-10-22-41)51-34-33-44(55-54(51)47-25-13-16-28-52(47)58-55)39-29-31-42(32-30-39)57-49-26-14-11-23-45(49)46-24-12-15-27-50(46)57/h2-36H,1H3. The van der Waals surface area contributed by atoms with Gasteiger partial charge in [0.15, 0.2) is 0 Å². The van der Waals surface area contributed by atoms with Crippen LogP contribution in [0.15, 0.2) is 212 Å². The molecule has 0 unspecified atom stereocenters. The van der Waals surface area contributed by atoms with Crippen molar-refractivity contribution >= 4 is 70.4 Å². The number of hydrogen-bond donors (Lipinski definition) is 0. The van der Waals surface area contributed by atoms with E-state index in [-0.39, 0.29) is 0 Å². The lowest BCUT2D eigenvalue weighted by atomic mass is 9.90. The molecule has 11 rings (SSSR count). The molecule has 9 aromatic carbocycles. The Kier molecular flexibility index (Phi) is 8.27. The zero-order chi connectivity index (χ0) is 38.6. The van der Waals surface area contributed by atoms with E-state index in [1.54, 1.807) is 0 Å². The quantitative estimate of drug-likeness (QED) is 0.157. The molecule has 0 atom stereocenters. The minimum atomic E-state index is 1.12. The molecule has 274 valence electrons. The molecular formula is C55H38N2S. The second kappa shape index (κ2) is 14.1. The Balaban J connectivity index is 1.11. The highest BCUT2D eigenvalue weighted by Crippen LogP contribution is 2.50. The number of para-hydroxylation sites is 3. The van der Waals surface area contributed by atoms with Gasteiger partial charge in [0.2, 0.25) is 0 Å². The maximum atomic E-state index is 2.46. The molecule has 0 saturated carbocycles. The maximum Gasteiger partial charge on any atom is 0.0555 e. The number of fused-ring (bicyclic) bond motifs is 6. The van der Waals surface area contributed by atoms with Crippen molar-refractivity contribution < 1.29 is 0 Å². The third-order valence-corrected chi connectivity index (χ3v) is 12.7. The van der Waals surface area contributed by atoms with Crippen molar-refractivity contribution in [3.63, 3.8) is 0 Å². The summed E-state index contributed by atoms with van der Waals surface area (Å²) in [5, 5.41) is 5.07. The summed E-state index contributed by atoms with van der Waals surface area (Å²) in [6, 6.07) is 77.3. The molecule has 58 heavy (non-hydrogen) atoms. The molecule has 0 bridgehead atoms. The monoisotopic (exact) mass is 758 g/mol. The fourth-order valence-corrected chi connectivity index (χ4v) is 10.2. The van der Waals surface area contributed by atoms with Crippen molar-refractivity contribution in [1.82, 2.24) is 4.57 Å². The Morgan fingerprint density at radius 1 is 0.431 bits per heavy atom. The van der Waals surface area contributed by atoms with Gasteiger partial charge >= 0.3 is 0 Å². The van der Waals surface area contributed by atoms with Crippen LogP contribution in [0.2, 0.25) is 0 Å². The summed E-state index contributed by atoms with van der Waals surface area (Å²) in [6.45, 7) is 2.25. The number of hydrogen-bond acceptors (Lipinski definition) is 2. The van der Waals surface area contributed by atoms with Gasteiger partial charge in [-0.05, 0) is 107 Å². The third-order valence-electron chi connectivity index (χ3n) is 11.5. The molecule has 0 aliphatic heterocycles. The molecular weight excluding hydrogens is 721 g/mol. The SMILES string of the molecule is Cc1cc(N(c2ccccc2)c2ccc(-c3ccc(-n4c5ccccc5c5ccccc54)cc3)c3sc4ccccc4c23)cc(-c2ccccc2)c1-c1ccccc1. The first-order valence-corrected chi connectivity index (χ1v) is 20.7. The highest BCUT2D eigenvalue weighted by Gasteiger charge is 2.23. The Morgan fingerprint density at radius 3 is 1.66 bits per heavy atom. The Labute approximate surface area is 342 Å². The Bertz CT molecular complexity index is 3220. The fourth-order valence-electron chi connectivity index (χ4n) is 8.95. The van der Waals surface area contributed by atoms with Crippen molar-refractivity contribution in [3.8, 4) is 39.1 Å². The van der Waals surface area contributed by atoms with Crippen LogP contribution in [0.1, 0.15) is 5.56 Å². The van der Waals surface area contributed by atoms with Crippen LogP contribution < -0.4 is 4.90 Å². The number of benzene rings is 9. The van der Waals surface area contributed by atoms with E-state index in [9.17, 15) is 0 Å². The number of rotatable bonds is 7. The van der Waals surface area contributed by atoms with Gasteiger partial charge in [0.25, 0.3) is 0 Å². The van der Waals surface area contributed by atoms with Gasteiger partial charge in [-0.15, -0.1) is 11.3 Å². The summed E-state index contributed by atoms with van der Waals surface area (Å²) in [6.07, 6.45) is 0. The molecule has 3 heteroatoms. The van der Waals surface area contributed by atoms with Crippen molar-refractivity contribution in [1.29, 1.82) is 0 Å². The van der Waals surface area contributed by atoms with Gasteiger partial charge in [0, 0.05) is 48.0 Å². The summed E-state index contributed by atoms with van der Waals surface area (Å²) in [7, 11) is 0. The van der Waals surface area contributed by atoms with E-state index in [1.807, 2.05) is 11.3 Å². The van der Waals surface area contributed by atoms with Crippen LogP contribution >= 0.6 is 11.3 Å². The summed E-state index contributed by atoms with van der Waals surface area (Å²) in [4.78, 5) is 2.46. The van der Waals surface area contributed by atoms with E-state index in [4.69, 9.17) is 0 Å². The average molecular weight is 759 g/mol. The predicted molar refractivity (Wildman–Crippen MR) is 249 cm³/mol. The zero-order valence-corrected chi connectivity index (χ0v) is 32.8. The highest BCUT2D eigenvalue weighted by molar-refractivity contribution is 7.26. The maximum absolute atomic E-state index is 2.46. The smallest absolute Gasteiger partial charge is 0.0555 e. The topological polar surface area (TPSA) is 8.17 Å².